The average Bonchev–Trinajstić information content (AvgIpc) is 2.82. The van der Waals surface area contributed by atoms with E-state index in [1.165, 1.54) is 11.8 Å². The highest BCUT2D eigenvalue weighted by molar-refractivity contribution is 5.71. The Labute approximate surface area is 190 Å². The molecule has 1 unspecified atom stereocenters. The zero-order valence-electron chi connectivity index (χ0n) is 17.9. The van der Waals surface area contributed by atoms with Crippen molar-refractivity contribution in [3.8, 4) is 33.9 Å². The van der Waals surface area contributed by atoms with Gasteiger partial charge >= 0.3 is 0 Å². The van der Waals surface area contributed by atoms with Crippen molar-refractivity contribution in [2.75, 3.05) is 6.61 Å². The van der Waals surface area contributed by atoms with E-state index in [1.54, 1.807) is 30.5 Å². The van der Waals surface area contributed by atoms with Gasteiger partial charge in [0.2, 0.25) is 11.8 Å². The first-order valence-corrected chi connectivity index (χ1v) is 10.5. The zero-order valence-corrected chi connectivity index (χ0v) is 17.9. The Morgan fingerprint density at radius 1 is 1.03 bits per heavy atom. The molecule has 6 nitrogen and oxygen atoms in total. The maximum Gasteiger partial charge on any atom is 0.279 e. The number of nitrogens with one attached hydrogen (secondary N) is 1. The molecular weight excluding hydrogens is 419 g/mol. The van der Waals surface area contributed by atoms with Gasteiger partial charge in [0.25, 0.3) is 6.02 Å². The van der Waals surface area contributed by atoms with Crippen LogP contribution in [0, 0.1) is 18.3 Å². The molecule has 0 saturated carbocycles. The van der Waals surface area contributed by atoms with Crippen molar-refractivity contribution < 1.29 is 13.9 Å². The SMILES string of the molecule is Cc1ccc(-c2cnc3c(c2)C(COC(=N)N)c2cc(-c4cccnc4F)ccc2O3)cc1. The largest absolute Gasteiger partial charge is 0.465 e. The Balaban J connectivity index is 1.61. The molecule has 0 bridgehead atoms. The third-order valence-corrected chi connectivity index (χ3v) is 5.71. The number of benzene rings is 2. The number of fused-ring (bicyclic) bond motifs is 2. The van der Waals surface area contributed by atoms with Gasteiger partial charge in [0, 0.05) is 34.6 Å². The molecule has 3 heterocycles. The first-order valence-electron chi connectivity index (χ1n) is 10.5. The third kappa shape index (κ3) is 4.01. The van der Waals surface area contributed by atoms with Crippen LogP contribution in [-0.4, -0.2) is 22.6 Å². The normalized spacial score (nSPS) is 14.1. The van der Waals surface area contributed by atoms with Gasteiger partial charge in [0.15, 0.2) is 0 Å². The average molecular weight is 440 g/mol. The summed E-state index contributed by atoms with van der Waals surface area (Å²) in [6, 6.07) is 18.6. The minimum Gasteiger partial charge on any atom is -0.465 e. The van der Waals surface area contributed by atoms with Gasteiger partial charge in [0.05, 0.1) is 5.92 Å². The van der Waals surface area contributed by atoms with Crippen molar-refractivity contribution in [3.63, 3.8) is 0 Å². The number of halogens is 1. The van der Waals surface area contributed by atoms with Gasteiger partial charge in [-0.15, -0.1) is 0 Å². The molecule has 5 rings (SSSR count). The lowest BCUT2D eigenvalue weighted by atomic mass is 9.87. The Hall–Kier alpha value is -4.26. The number of nitrogens with two attached hydrogens (primary N) is 1. The molecule has 0 spiro atoms. The summed E-state index contributed by atoms with van der Waals surface area (Å²) >= 11 is 0. The van der Waals surface area contributed by atoms with E-state index < -0.39 is 5.95 Å². The van der Waals surface area contributed by atoms with Gasteiger partial charge in [-0.25, -0.2) is 9.97 Å². The molecule has 3 N–H and O–H groups in total. The topological polar surface area (TPSA) is 94.1 Å². The number of rotatable bonds is 4. The maximum atomic E-state index is 14.3. The summed E-state index contributed by atoms with van der Waals surface area (Å²) in [4.78, 5) is 8.31. The fraction of sp³-hybridized carbons (Fsp3) is 0.115. The molecule has 4 aromatic rings. The van der Waals surface area contributed by atoms with Crippen LogP contribution in [0.3, 0.4) is 0 Å². The Kier molecular flexibility index (Phi) is 5.22. The lowest BCUT2D eigenvalue weighted by Crippen LogP contribution is -2.22. The number of amidine groups is 1. The van der Waals surface area contributed by atoms with E-state index >= 15 is 0 Å². The molecule has 164 valence electrons. The highest BCUT2D eigenvalue weighted by atomic mass is 19.1. The fourth-order valence-corrected chi connectivity index (χ4v) is 4.02. The van der Waals surface area contributed by atoms with Gasteiger partial charge in [-0.2, -0.15) is 4.39 Å². The molecule has 33 heavy (non-hydrogen) atoms. The molecule has 0 fully saturated rings. The number of aromatic nitrogens is 2. The van der Waals surface area contributed by atoms with Crippen LogP contribution in [0.2, 0.25) is 0 Å². The number of aryl methyl sites for hydroxylation is 1. The van der Waals surface area contributed by atoms with E-state index in [4.69, 9.17) is 20.6 Å². The molecule has 0 saturated heterocycles. The fourth-order valence-electron chi connectivity index (χ4n) is 4.02. The molecule has 2 aromatic heterocycles. The van der Waals surface area contributed by atoms with Crippen LogP contribution in [-0.2, 0) is 4.74 Å². The van der Waals surface area contributed by atoms with Crippen molar-refractivity contribution in [3.05, 3.63) is 95.7 Å². The minimum atomic E-state index is -0.547. The van der Waals surface area contributed by atoms with E-state index in [0.717, 1.165) is 22.3 Å². The summed E-state index contributed by atoms with van der Waals surface area (Å²) < 4.78 is 25.8. The van der Waals surface area contributed by atoms with Gasteiger partial charge in [-0.3, -0.25) is 5.41 Å². The van der Waals surface area contributed by atoms with Crippen LogP contribution in [0.4, 0.5) is 4.39 Å². The number of nitrogens with zero attached hydrogens (tertiary/aromatic N) is 2. The number of ether oxygens (including phenoxy) is 2. The first-order chi connectivity index (χ1) is 16.0. The van der Waals surface area contributed by atoms with Crippen LogP contribution in [0.25, 0.3) is 22.3 Å². The van der Waals surface area contributed by atoms with Gasteiger partial charge in [-0.1, -0.05) is 35.9 Å². The van der Waals surface area contributed by atoms with Crippen molar-refractivity contribution in [2.24, 2.45) is 5.73 Å². The monoisotopic (exact) mass is 440 g/mol. The third-order valence-electron chi connectivity index (χ3n) is 5.71. The number of hydrogen-bond acceptors (Lipinski definition) is 5. The molecular formula is C26H21FN4O2. The van der Waals surface area contributed by atoms with E-state index in [1.807, 2.05) is 43.3 Å². The highest BCUT2D eigenvalue weighted by Crippen LogP contribution is 2.45. The second kappa shape index (κ2) is 8.35. The van der Waals surface area contributed by atoms with Gasteiger partial charge < -0.3 is 15.2 Å². The lowest BCUT2D eigenvalue weighted by Gasteiger charge is -2.28. The molecule has 1 aliphatic heterocycles. The van der Waals surface area contributed by atoms with Crippen LogP contribution >= 0.6 is 0 Å². The number of pyridine rings is 2. The van der Waals surface area contributed by atoms with Crippen molar-refractivity contribution in [1.82, 2.24) is 9.97 Å². The summed E-state index contributed by atoms with van der Waals surface area (Å²) in [5, 5.41) is 7.53. The standard InChI is InChI=1S/C26H21FN4O2/c1-15-4-6-16(7-5-15)18-12-21-22(14-32-26(28)29)20-11-17(19-3-2-10-30-24(19)27)8-9-23(20)33-25(21)31-13-18/h2-13,22H,14H2,1H3,(H3,28,29). The number of hydrogen-bond donors (Lipinski definition) is 2. The molecule has 1 atom stereocenters. The van der Waals surface area contributed by atoms with E-state index in [-0.39, 0.29) is 18.5 Å². The highest BCUT2D eigenvalue weighted by Gasteiger charge is 2.30. The van der Waals surface area contributed by atoms with Crippen LogP contribution in [0.15, 0.2) is 73.1 Å². The van der Waals surface area contributed by atoms with E-state index in [9.17, 15) is 4.39 Å². The van der Waals surface area contributed by atoms with Crippen molar-refractivity contribution >= 4 is 6.02 Å². The van der Waals surface area contributed by atoms with Gasteiger partial charge in [-0.05, 0) is 48.4 Å². The van der Waals surface area contributed by atoms with Crippen molar-refractivity contribution in [2.45, 2.75) is 12.8 Å². The second-order valence-corrected chi connectivity index (χ2v) is 7.91. The maximum absolute atomic E-state index is 14.3. The Bertz CT molecular complexity index is 1360. The lowest BCUT2D eigenvalue weighted by molar-refractivity contribution is 0.273. The first kappa shape index (κ1) is 20.6. The molecule has 7 heteroatoms. The zero-order chi connectivity index (χ0) is 22.9. The van der Waals surface area contributed by atoms with E-state index in [0.29, 0.717) is 22.8 Å². The smallest absolute Gasteiger partial charge is 0.279 e. The van der Waals surface area contributed by atoms with Crippen molar-refractivity contribution in [1.29, 1.82) is 5.41 Å². The summed E-state index contributed by atoms with van der Waals surface area (Å²) in [5.41, 5.74) is 11.3. The summed E-state index contributed by atoms with van der Waals surface area (Å²) in [6.45, 7) is 2.16. The van der Waals surface area contributed by atoms with Crippen LogP contribution in [0.5, 0.6) is 11.6 Å². The molecule has 2 aromatic carbocycles. The van der Waals surface area contributed by atoms with Gasteiger partial charge in [0.1, 0.15) is 12.4 Å². The quantitative estimate of drug-likeness (QED) is 0.252. The molecule has 0 radical (unpaired) electrons. The summed E-state index contributed by atoms with van der Waals surface area (Å²) in [6.07, 6.45) is 3.19. The van der Waals surface area contributed by atoms with Crippen LogP contribution < -0.4 is 10.5 Å². The predicted octanol–water partition coefficient (Wildman–Crippen LogP) is 5.41. The van der Waals surface area contributed by atoms with E-state index in [2.05, 4.69) is 9.97 Å². The Morgan fingerprint density at radius 3 is 2.55 bits per heavy atom. The summed E-state index contributed by atoms with van der Waals surface area (Å²) in [5.74, 6) is 0.207. The predicted molar refractivity (Wildman–Crippen MR) is 124 cm³/mol. The summed E-state index contributed by atoms with van der Waals surface area (Å²) in [7, 11) is 0. The second-order valence-electron chi connectivity index (χ2n) is 7.91. The van der Waals surface area contributed by atoms with Crippen LogP contribution in [0.1, 0.15) is 22.6 Å². The minimum absolute atomic E-state index is 0.122. The molecule has 0 aliphatic carbocycles. The Morgan fingerprint density at radius 2 is 1.79 bits per heavy atom. The molecule has 1 aliphatic rings. The molecule has 0 amide bonds.